The van der Waals surface area contributed by atoms with Gasteiger partial charge in [-0.3, -0.25) is 0 Å². The quantitative estimate of drug-likeness (QED) is 0.801. The largest absolute Gasteiger partial charge is 0.378 e. The van der Waals surface area contributed by atoms with Gasteiger partial charge in [-0.15, -0.1) is 36.2 Å². The second-order valence-corrected chi connectivity index (χ2v) is 7.70. The van der Waals surface area contributed by atoms with Crippen molar-refractivity contribution in [1.29, 1.82) is 0 Å². The SMILES string of the molecule is CCN1CC2CC2(c2cc3ccc(N(C)C)cc3s2)C1.Cl.Cl. The van der Waals surface area contributed by atoms with Crippen LogP contribution in [0, 0.1) is 5.92 Å². The van der Waals surface area contributed by atoms with Gasteiger partial charge < -0.3 is 9.80 Å². The molecule has 0 bridgehead atoms. The fraction of sp³-hybridized carbons (Fsp3) is 0.529. The van der Waals surface area contributed by atoms with Crippen molar-refractivity contribution in [3.05, 3.63) is 29.1 Å². The van der Waals surface area contributed by atoms with E-state index in [1.54, 1.807) is 4.88 Å². The summed E-state index contributed by atoms with van der Waals surface area (Å²) in [5.41, 5.74) is 1.81. The minimum Gasteiger partial charge on any atom is -0.378 e. The summed E-state index contributed by atoms with van der Waals surface area (Å²) >= 11 is 2.03. The van der Waals surface area contributed by atoms with E-state index in [1.165, 1.54) is 41.8 Å². The molecule has 2 nitrogen and oxygen atoms in total. The lowest BCUT2D eigenvalue weighted by Gasteiger charge is -2.17. The average molecular weight is 359 g/mol. The maximum atomic E-state index is 2.61. The number of halogens is 2. The van der Waals surface area contributed by atoms with Gasteiger partial charge in [0.2, 0.25) is 0 Å². The fourth-order valence-electron chi connectivity index (χ4n) is 3.75. The molecule has 2 fully saturated rings. The van der Waals surface area contributed by atoms with Crippen LogP contribution < -0.4 is 4.90 Å². The van der Waals surface area contributed by atoms with Gasteiger partial charge in [-0.1, -0.05) is 13.0 Å². The minimum absolute atomic E-state index is 0. The molecule has 1 saturated heterocycles. The third-order valence-corrected chi connectivity index (χ3v) is 6.49. The van der Waals surface area contributed by atoms with E-state index in [0.29, 0.717) is 5.41 Å². The molecule has 0 N–H and O–H groups in total. The third-order valence-electron chi connectivity index (χ3n) is 5.17. The lowest BCUT2D eigenvalue weighted by molar-refractivity contribution is 0.315. The van der Waals surface area contributed by atoms with Gasteiger partial charge in [-0.25, -0.2) is 0 Å². The Morgan fingerprint density at radius 2 is 2.05 bits per heavy atom. The molecule has 1 aromatic heterocycles. The van der Waals surface area contributed by atoms with Crippen molar-refractivity contribution in [1.82, 2.24) is 4.90 Å². The summed E-state index contributed by atoms with van der Waals surface area (Å²) in [7, 11) is 4.22. The molecule has 22 heavy (non-hydrogen) atoms. The van der Waals surface area contributed by atoms with Crippen LogP contribution in [0.2, 0.25) is 0 Å². The van der Waals surface area contributed by atoms with E-state index in [-0.39, 0.29) is 24.8 Å². The minimum atomic E-state index is 0. The number of thiophene rings is 1. The molecule has 0 radical (unpaired) electrons. The van der Waals surface area contributed by atoms with E-state index < -0.39 is 0 Å². The summed E-state index contributed by atoms with van der Waals surface area (Å²) in [5.74, 6) is 0.920. The molecular formula is C17H24Cl2N2S. The summed E-state index contributed by atoms with van der Waals surface area (Å²) in [4.78, 5) is 6.43. The van der Waals surface area contributed by atoms with Crippen LogP contribution in [0.4, 0.5) is 5.69 Å². The summed E-state index contributed by atoms with van der Waals surface area (Å²) in [6.45, 7) is 6.08. The van der Waals surface area contributed by atoms with Gasteiger partial charge in [0.1, 0.15) is 0 Å². The van der Waals surface area contributed by atoms with Gasteiger partial charge in [-0.2, -0.15) is 0 Å². The Morgan fingerprint density at radius 3 is 2.68 bits per heavy atom. The van der Waals surface area contributed by atoms with Crippen LogP contribution in [0.1, 0.15) is 18.2 Å². The van der Waals surface area contributed by atoms with E-state index in [4.69, 9.17) is 0 Å². The Morgan fingerprint density at radius 1 is 1.27 bits per heavy atom. The fourth-order valence-corrected chi connectivity index (χ4v) is 5.12. The molecule has 2 aliphatic rings. The van der Waals surface area contributed by atoms with Crippen molar-refractivity contribution < 1.29 is 0 Å². The number of anilines is 1. The number of hydrogen-bond acceptors (Lipinski definition) is 3. The van der Waals surface area contributed by atoms with Gasteiger partial charge >= 0.3 is 0 Å². The predicted octanol–water partition coefficient (Wildman–Crippen LogP) is 4.40. The molecule has 0 spiro atoms. The number of fused-ring (bicyclic) bond motifs is 2. The first-order valence-corrected chi connectivity index (χ1v) is 8.38. The Kier molecular flexibility index (Phi) is 5.03. The van der Waals surface area contributed by atoms with Crippen LogP contribution >= 0.6 is 36.2 Å². The molecule has 4 rings (SSSR count). The van der Waals surface area contributed by atoms with Crippen LogP contribution in [0.15, 0.2) is 24.3 Å². The molecule has 0 amide bonds. The van der Waals surface area contributed by atoms with E-state index in [1.807, 2.05) is 11.3 Å². The normalized spacial score (nSPS) is 26.2. The van der Waals surface area contributed by atoms with Gasteiger partial charge in [0.05, 0.1) is 0 Å². The molecule has 2 unspecified atom stereocenters. The van der Waals surface area contributed by atoms with Crippen molar-refractivity contribution in [2.75, 3.05) is 38.6 Å². The van der Waals surface area contributed by atoms with E-state index in [0.717, 1.165) is 5.92 Å². The van der Waals surface area contributed by atoms with Gasteiger partial charge in [0.25, 0.3) is 0 Å². The Balaban J connectivity index is 0.000000882. The molecule has 1 aliphatic carbocycles. The van der Waals surface area contributed by atoms with E-state index in [2.05, 4.69) is 55.1 Å². The molecule has 122 valence electrons. The number of likely N-dealkylation sites (tertiary alicyclic amines) is 1. The maximum absolute atomic E-state index is 2.61. The van der Waals surface area contributed by atoms with Crippen molar-refractivity contribution in [3.8, 4) is 0 Å². The monoisotopic (exact) mass is 358 g/mol. The Hall–Kier alpha value is -0.480. The van der Waals surface area contributed by atoms with Crippen LogP contribution in [0.25, 0.3) is 10.1 Å². The van der Waals surface area contributed by atoms with Crippen molar-refractivity contribution in [2.45, 2.75) is 18.8 Å². The highest BCUT2D eigenvalue weighted by Gasteiger charge is 2.61. The third kappa shape index (κ3) is 2.62. The highest BCUT2D eigenvalue weighted by Crippen LogP contribution is 2.60. The van der Waals surface area contributed by atoms with E-state index in [9.17, 15) is 0 Å². The zero-order valence-corrected chi connectivity index (χ0v) is 15.8. The van der Waals surface area contributed by atoms with Gasteiger partial charge in [0.15, 0.2) is 0 Å². The Labute approximate surface area is 149 Å². The number of rotatable bonds is 3. The smallest absolute Gasteiger partial charge is 0.0375 e. The van der Waals surface area contributed by atoms with E-state index >= 15 is 0 Å². The van der Waals surface area contributed by atoms with Gasteiger partial charge in [0, 0.05) is 47.9 Å². The van der Waals surface area contributed by atoms with Crippen molar-refractivity contribution in [3.63, 3.8) is 0 Å². The second kappa shape index (κ2) is 6.20. The molecule has 2 atom stereocenters. The summed E-state index contributed by atoms with van der Waals surface area (Å²) in [5, 5.41) is 1.42. The molecule has 1 saturated carbocycles. The summed E-state index contributed by atoms with van der Waals surface area (Å²) in [6, 6.07) is 9.31. The number of hydrogen-bond donors (Lipinski definition) is 0. The molecule has 1 aromatic carbocycles. The van der Waals surface area contributed by atoms with Gasteiger partial charge in [-0.05, 0) is 42.5 Å². The first-order valence-electron chi connectivity index (χ1n) is 7.56. The van der Waals surface area contributed by atoms with Crippen LogP contribution in [-0.4, -0.2) is 38.6 Å². The average Bonchev–Trinajstić information content (AvgIpc) is 2.86. The van der Waals surface area contributed by atoms with Crippen LogP contribution in [0.5, 0.6) is 0 Å². The summed E-state index contributed by atoms with van der Waals surface area (Å²) in [6.07, 6.45) is 1.41. The Bertz CT molecular complexity index is 670. The molecule has 2 aromatic rings. The zero-order valence-electron chi connectivity index (χ0n) is 13.3. The first-order chi connectivity index (χ1) is 9.62. The van der Waals surface area contributed by atoms with Crippen molar-refractivity contribution in [2.24, 2.45) is 5.92 Å². The van der Waals surface area contributed by atoms with Crippen LogP contribution in [0.3, 0.4) is 0 Å². The standard InChI is InChI=1S/C17H22N2S.2ClH/c1-4-19-10-13-9-17(13,11-19)16-7-12-5-6-14(18(2)3)8-15(12)20-16;;/h5-8,13H,4,9-11H2,1-3H3;2*1H. The number of nitrogens with zero attached hydrogens (tertiary/aromatic N) is 2. The van der Waals surface area contributed by atoms with Crippen LogP contribution in [-0.2, 0) is 5.41 Å². The topological polar surface area (TPSA) is 6.48 Å². The maximum Gasteiger partial charge on any atom is 0.0375 e. The lowest BCUT2D eigenvalue weighted by atomic mass is 10.0. The molecule has 2 heterocycles. The number of benzene rings is 1. The lowest BCUT2D eigenvalue weighted by Crippen LogP contribution is -2.25. The molecule has 1 aliphatic heterocycles. The second-order valence-electron chi connectivity index (χ2n) is 6.61. The highest BCUT2D eigenvalue weighted by molar-refractivity contribution is 7.19. The summed E-state index contributed by atoms with van der Waals surface area (Å²) < 4.78 is 1.45. The highest BCUT2D eigenvalue weighted by atomic mass is 35.5. The number of likely N-dealkylation sites (N-methyl/N-ethyl adjacent to an activating group) is 1. The predicted molar refractivity (Wildman–Crippen MR) is 103 cm³/mol. The molecular weight excluding hydrogens is 335 g/mol. The van der Waals surface area contributed by atoms with Crippen molar-refractivity contribution >= 4 is 51.9 Å². The number of piperidine rings is 1. The molecule has 5 heteroatoms. The first kappa shape index (κ1) is 17.9. The zero-order chi connectivity index (χ0) is 13.9.